The standard InChI is InChI=1S/C12H24N2O.ClH/c1-6-7-8-9-14(5)11(15)10(13)12(2,3)4;/h6,10H,1,7-9,13H2,2-5H3;1H/t10-;/m1./s1. The molecular weight excluding hydrogens is 224 g/mol. The van der Waals surface area contributed by atoms with Gasteiger partial charge < -0.3 is 10.6 Å². The Labute approximate surface area is 105 Å². The van der Waals surface area contributed by atoms with Crippen molar-refractivity contribution in [2.24, 2.45) is 11.1 Å². The predicted molar refractivity (Wildman–Crippen MR) is 71.7 cm³/mol. The summed E-state index contributed by atoms with van der Waals surface area (Å²) in [5.41, 5.74) is 5.71. The van der Waals surface area contributed by atoms with Crippen molar-refractivity contribution in [1.29, 1.82) is 0 Å². The SMILES string of the molecule is C=CCCCN(C)C(=O)[C@@H](N)C(C)(C)C.Cl. The number of allylic oxidation sites excluding steroid dienone is 1. The van der Waals surface area contributed by atoms with Crippen molar-refractivity contribution >= 4 is 18.3 Å². The van der Waals surface area contributed by atoms with Gasteiger partial charge in [0, 0.05) is 13.6 Å². The summed E-state index contributed by atoms with van der Waals surface area (Å²) in [6, 6.07) is -0.425. The summed E-state index contributed by atoms with van der Waals surface area (Å²) < 4.78 is 0. The molecule has 0 aromatic rings. The molecule has 0 aromatic carbocycles. The molecule has 16 heavy (non-hydrogen) atoms. The molecule has 0 aromatic heterocycles. The Morgan fingerprint density at radius 1 is 1.50 bits per heavy atom. The van der Waals surface area contributed by atoms with Gasteiger partial charge in [-0.2, -0.15) is 0 Å². The summed E-state index contributed by atoms with van der Waals surface area (Å²) in [7, 11) is 1.80. The predicted octanol–water partition coefficient (Wildman–Crippen LogP) is 2.21. The van der Waals surface area contributed by atoms with Gasteiger partial charge in [0.2, 0.25) is 5.91 Å². The lowest BCUT2D eigenvalue weighted by molar-refractivity contribution is -0.133. The number of nitrogens with zero attached hydrogens (tertiary/aromatic N) is 1. The second-order valence-corrected chi connectivity index (χ2v) is 5.03. The molecule has 0 fully saturated rings. The molecule has 0 saturated carbocycles. The van der Waals surface area contributed by atoms with E-state index in [1.54, 1.807) is 11.9 Å². The molecule has 2 N–H and O–H groups in total. The maximum absolute atomic E-state index is 11.9. The lowest BCUT2D eigenvalue weighted by Crippen LogP contribution is -2.49. The van der Waals surface area contributed by atoms with Gasteiger partial charge in [0.25, 0.3) is 0 Å². The van der Waals surface area contributed by atoms with Crippen LogP contribution in [0.4, 0.5) is 0 Å². The molecule has 4 heteroatoms. The zero-order chi connectivity index (χ0) is 12.1. The summed E-state index contributed by atoms with van der Waals surface area (Å²) in [6.45, 7) is 10.3. The smallest absolute Gasteiger partial charge is 0.239 e. The summed E-state index contributed by atoms with van der Waals surface area (Å²) in [4.78, 5) is 13.6. The summed E-state index contributed by atoms with van der Waals surface area (Å²) in [5, 5.41) is 0. The van der Waals surface area contributed by atoms with Gasteiger partial charge in [-0.05, 0) is 18.3 Å². The fourth-order valence-electron chi connectivity index (χ4n) is 1.19. The van der Waals surface area contributed by atoms with Crippen LogP contribution in [0.3, 0.4) is 0 Å². The number of likely N-dealkylation sites (N-methyl/N-ethyl adjacent to an activating group) is 1. The topological polar surface area (TPSA) is 46.3 Å². The van der Waals surface area contributed by atoms with Crippen molar-refractivity contribution in [3.63, 3.8) is 0 Å². The molecule has 0 heterocycles. The van der Waals surface area contributed by atoms with Gasteiger partial charge in [-0.15, -0.1) is 19.0 Å². The number of nitrogens with two attached hydrogens (primary N) is 1. The maximum atomic E-state index is 11.9. The fraction of sp³-hybridized carbons (Fsp3) is 0.750. The second kappa shape index (κ2) is 7.69. The van der Waals surface area contributed by atoms with Crippen LogP contribution in [-0.2, 0) is 4.79 Å². The lowest BCUT2D eigenvalue weighted by Gasteiger charge is -2.29. The highest BCUT2D eigenvalue weighted by molar-refractivity contribution is 5.85. The Morgan fingerprint density at radius 2 is 2.00 bits per heavy atom. The molecule has 0 radical (unpaired) electrons. The van der Waals surface area contributed by atoms with Crippen molar-refractivity contribution in [3.05, 3.63) is 12.7 Å². The van der Waals surface area contributed by atoms with E-state index in [4.69, 9.17) is 5.73 Å². The van der Waals surface area contributed by atoms with Crippen molar-refractivity contribution < 1.29 is 4.79 Å². The molecule has 0 unspecified atom stereocenters. The highest BCUT2D eigenvalue weighted by atomic mass is 35.5. The molecule has 0 aliphatic heterocycles. The van der Waals surface area contributed by atoms with Gasteiger partial charge in [0.1, 0.15) is 0 Å². The van der Waals surface area contributed by atoms with E-state index in [0.717, 1.165) is 19.4 Å². The number of unbranched alkanes of at least 4 members (excludes halogenated alkanes) is 1. The lowest BCUT2D eigenvalue weighted by atomic mass is 9.86. The molecule has 1 amide bonds. The van der Waals surface area contributed by atoms with Gasteiger partial charge in [-0.3, -0.25) is 4.79 Å². The number of hydrogen-bond donors (Lipinski definition) is 1. The summed E-state index contributed by atoms with van der Waals surface area (Å²) in [6.07, 6.45) is 3.74. The average molecular weight is 249 g/mol. The third-order valence-electron chi connectivity index (χ3n) is 2.48. The average Bonchev–Trinajstić information content (AvgIpc) is 2.14. The van der Waals surface area contributed by atoms with Gasteiger partial charge in [0.05, 0.1) is 6.04 Å². The van der Waals surface area contributed by atoms with Crippen LogP contribution in [0.2, 0.25) is 0 Å². The van der Waals surface area contributed by atoms with E-state index in [1.165, 1.54) is 0 Å². The van der Waals surface area contributed by atoms with Crippen molar-refractivity contribution in [2.45, 2.75) is 39.7 Å². The highest BCUT2D eigenvalue weighted by Crippen LogP contribution is 2.18. The van der Waals surface area contributed by atoms with E-state index >= 15 is 0 Å². The number of amides is 1. The van der Waals surface area contributed by atoms with Crippen molar-refractivity contribution in [2.75, 3.05) is 13.6 Å². The normalized spacial score (nSPS) is 12.6. The van der Waals surface area contributed by atoms with Gasteiger partial charge in [-0.25, -0.2) is 0 Å². The van der Waals surface area contributed by atoms with Crippen LogP contribution in [0.5, 0.6) is 0 Å². The third kappa shape index (κ3) is 6.13. The van der Waals surface area contributed by atoms with Gasteiger partial charge in [0.15, 0.2) is 0 Å². The maximum Gasteiger partial charge on any atom is 0.239 e. The number of carbonyl (C=O) groups excluding carboxylic acids is 1. The number of rotatable bonds is 5. The first-order valence-electron chi connectivity index (χ1n) is 5.42. The Hall–Kier alpha value is -0.540. The molecule has 1 atom stereocenters. The Morgan fingerprint density at radius 3 is 2.38 bits per heavy atom. The van der Waals surface area contributed by atoms with E-state index in [0.29, 0.717) is 0 Å². The molecule has 0 saturated heterocycles. The molecule has 0 bridgehead atoms. The van der Waals surface area contributed by atoms with Gasteiger partial charge >= 0.3 is 0 Å². The Balaban J connectivity index is 0. The third-order valence-corrected chi connectivity index (χ3v) is 2.48. The summed E-state index contributed by atoms with van der Waals surface area (Å²) in [5.74, 6) is 0.0200. The van der Waals surface area contributed by atoms with Crippen LogP contribution < -0.4 is 5.73 Å². The molecule has 0 rings (SSSR count). The number of hydrogen-bond acceptors (Lipinski definition) is 2. The van der Waals surface area contributed by atoms with Crippen LogP contribution in [-0.4, -0.2) is 30.4 Å². The van der Waals surface area contributed by atoms with Gasteiger partial charge in [-0.1, -0.05) is 26.8 Å². The molecule has 0 spiro atoms. The minimum absolute atomic E-state index is 0. The minimum atomic E-state index is -0.425. The first-order chi connectivity index (χ1) is 6.80. The molecule has 0 aliphatic rings. The monoisotopic (exact) mass is 248 g/mol. The van der Waals surface area contributed by atoms with E-state index in [-0.39, 0.29) is 23.7 Å². The first kappa shape index (κ1) is 17.8. The van der Waals surface area contributed by atoms with E-state index in [1.807, 2.05) is 26.8 Å². The first-order valence-corrected chi connectivity index (χ1v) is 5.42. The molecule has 96 valence electrons. The number of carbonyl (C=O) groups is 1. The van der Waals surface area contributed by atoms with Crippen molar-refractivity contribution in [1.82, 2.24) is 4.90 Å². The summed E-state index contributed by atoms with van der Waals surface area (Å²) >= 11 is 0. The minimum Gasteiger partial charge on any atom is -0.344 e. The van der Waals surface area contributed by atoms with Crippen LogP contribution in [0.25, 0.3) is 0 Å². The van der Waals surface area contributed by atoms with E-state index in [9.17, 15) is 4.79 Å². The Kier molecular flexibility index (Phi) is 8.57. The van der Waals surface area contributed by atoms with Crippen LogP contribution in [0.1, 0.15) is 33.6 Å². The quantitative estimate of drug-likeness (QED) is 0.599. The van der Waals surface area contributed by atoms with Crippen LogP contribution in [0, 0.1) is 5.41 Å². The van der Waals surface area contributed by atoms with Crippen molar-refractivity contribution in [3.8, 4) is 0 Å². The zero-order valence-corrected chi connectivity index (χ0v) is 11.6. The second-order valence-electron chi connectivity index (χ2n) is 5.03. The van der Waals surface area contributed by atoms with E-state index in [2.05, 4.69) is 6.58 Å². The Bertz CT molecular complexity index is 224. The molecule has 0 aliphatic carbocycles. The largest absolute Gasteiger partial charge is 0.344 e. The fourth-order valence-corrected chi connectivity index (χ4v) is 1.19. The number of halogens is 1. The molecular formula is C12H25ClN2O. The van der Waals surface area contributed by atoms with E-state index < -0.39 is 6.04 Å². The van der Waals surface area contributed by atoms with Crippen LogP contribution in [0.15, 0.2) is 12.7 Å². The zero-order valence-electron chi connectivity index (χ0n) is 10.8. The highest BCUT2D eigenvalue weighted by Gasteiger charge is 2.29. The van der Waals surface area contributed by atoms with Crippen LogP contribution >= 0.6 is 12.4 Å². The molecule has 3 nitrogen and oxygen atoms in total.